The number of anilines is 2. The SMILES string of the molecule is COC(=O)c1ccc(Cl)c(Nc2nccc(C(=O)NCC3CCCO3)n2)c1. The van der Waals surface area contributed by atoms with E-state index in [9.17, 15) is 9.59 Å². The summed E-state index contributed by atoms with van der Waals surface area (Å²) in [5.41, 5.74) is 0.970. The Morgan fingerprint density at radius 2 is 2.22 bits per heavy atom. The third-order valence-corrected chi connectivity index (χ3v) is 4.37. The van der Waals surface area contributed by atoms with Gasteiger partial charge in [0.05, 0.1) is 29.5 Å². The first-order valence-electron chi connectivity index (χ1n) is 8.44. The minimum absolute atomic E-state index is 0.0493. The quantitative estimate of drug-likeness (QED) is 0.730. The average Bonchev–Trinajstić information content (AvgIpc) is 3.21. The molecule has 2 aromatic rings. The Morgan fingerprint density at radius 1 is 1.37 bits per heavy atom. The molecule has 1 amide bonds. The van der Waals surface area contributed by atoms with Gasteiger partial charge in [-0.15, -0.1) is 0 Å². The van der Waals surface area contributed by atoms with Crippen molar-refractivity contribution in [1.29, 1.82) is 0 Å². The first-order valence-corrected chi connectivity index (χ1v) is 8.82. The first kappa shape index (κ1) is 19.1. The van der Waals surface area contributed by atoms with Crippen molar-refractivity contribution in [3.8, 4) is 0 Å². The summed E-state index contributed by atoms with van der Waals surface area (Å²) >= 11 is 6.16. The Morgan fingerprint density at radius 3 is 2.96 bits per heavy atom. The smallest absolute Gasteiger partial charge is 0.337 e. The van der Waals surface area contributed by atoms with E-state index in [4.69, 9.17) is 21.1 Å². The number of ether oxygens (including phenoxy) is 2. The minimum Gasteiger partial charge on any atom is -0.465 e. The van der Waals surface area contributed by atoms with Gasteiger partial charge in [0.15, 0.2) is 0 Å². The molecule has 1 fully saturated rings. The molecule has 1 atom stereocenters. The molecule has 0 spiro atoms. The zero-order valence-electron chi connectivity index (χ0n) is 14.7. The lowest BCUT2D eigenvalue weighted by molar-refractivity contribution is 0.0600. The molecule has 0 saturated carbocycles. The van der Waals surface area contributed by atoms with Crippen LogP contribution in [0.5, 0.6) is 0 Å². The van der Waals surface area contributed by atoms with Gasteiger partial charge in [-0.3, -0.25) is 4.79 Å². The summed E-state index contributed by atoms with van der Waals surface area (Å²) < 4.78 is 10.2. The van der Waals surface area contributed by atoms with Crippen molar-refractivity contribution in [3.63, 3.8) is 0 Å². The molecule has 0 aliphatic carbocycles. The number of nitrogens with zero attached hydrogens (tertiary/aromatic N) is 2. The van der Waals surface area contributed by atoms with Gasteiger partial charge in [0, 0.05) is 19.3 Å². The van der Waals surface area contributed by atoms with E-state index in [1.807, 2.05) is 0 Å². The van der Waals surface area contributed by atoms with E-state index in [0.29, 0.717) is 22.8 Å². The van der Waals surface area contributed by atoms with Gasteiger partial charge in [0.2, 0.25) is 5.95 Å². The second kappa shape index (κ2) is 8.79. The Labute approximate surface area is 161 Å². The van der Waals surface area contributed by atoms with Gasteiger partial charge in [0.1, 0.15) is 5.69 Å². The van der Waals surface area contributed by atoms with Crippen molar-refractivity contribution < 1.29 is 19.1 Å². The second-order valence-corrected chi connectivity index (χ2v) is 6.33. The van der Waals surface area contributed by atoms with Crippen LogP contribution in [0.1, 0.15) is 33.7 Å². The number of benzene rings is 1. The molecule has 1 aliphatic heterocycles. The van der Waals surface area contributed by atoms with Crippen LogP contribution in [0.2, 0.25) is 5.02 Å². The molecular formula is C18H19ClN4O4. The normalized spacial score (nSPS) is 16.0. The van der Waals surface area contributed by atoms with E-state index in [0.717, 1.165) is 19.4 Å². The third kappa shape index (κ3) is 4.93. The number of carbonyl (C=O) groups is 2. The molecule has 2 N–H and O–H groups in total. The standard InChI is InChI=1S/C18H19ClN4O4/c1-26-17(25)11-4-5-13(19)15(9-11)23-18-20-7-6-14(22-18)16(24)21-10-12-3-2-8-27-12/h4-7,9,12H,2-3,8,10H2,1H3,(H,21,24)(H,20,22,23). The van der Waals surface area contributed by atoms with Crippen molar-refractivity contribution >= 4 is 35.1 Å². The van der Waals surface area contributed by atoms with Gasteiger partial charge < -0.3 is 20.1 Å². The van der Waals surface area contributed by atoms with Gasteiger partial charge in [0.25, 0.3) is 5.91 Å². The van der Waals surface area contributed by atoms with Crippen LogP contribution in [0.3, 0.4) is 0 Å². The van der Waals surface area contributed by atoms with E-state index < -0.39 is 5.97 Å². The highest BCUT2D eigenvalue weighted by Gasteiger charge is 2.17. The highest BCUT2D eigenvalue weighted by molar-refractivity contribution is 6.33. The Kier molecular flexibility index (Phi) is 6.20. The Hall–Kier alpha value is -2.71. The number of hydrogen-bond acceptors (Lipinski definition) is 7. The number of amides is 1. The summed E-state index contributed by atoms with van der Waals surface area (Å²) in [5, 5.41) is 6.10. The molecule has 0 radical (unpaired) electrons. The van der Waals surface area contributed by atoms with Gasteiger partial charge in [-0.05, 0) is 37.1 Å². The summed E-state index contributed by atoms with van der Waals surface area (Å²) in [6.07, 6.45) is 3.46. The number of hydrogen-bond donors (Lipinski definition) is 2. The minimum atomic E-state index is -0.488. The van der Waals surface area contributed by atoms with E-state index in [1.54, 1.807) is 12.1 Å². The summed E-state index contributed by atoms with van der Waals surface area (Å²) in [7, 11) is 1.30. The molecular weight excluding hydrogens is 372 g/mol. The number of aromatic nitrogens is 2. The molecule has 1 unspecified atom stereocenters. The van der Waals surface area contributed by atoms with Gasteiger partial charge in [-0.2, -0.15) is 0 Å². The molecule has 8 nitrogen and oxygen atoms in total. The lowest BCUT2D eigenvalue weighted by Gasteiger charge is -2.11. The molecule has 0 bridgehead atoms. The topological polar surface area (TPSA) is 102 Å². The average molecular weight is 391 g/mol. The maximum atomic E-state index is 12.3. The third-order valence-electron chi connectivity index (χ3n) is 4.04. The number of nitrogens with one attached hydrogen (secondary N) is 2. The number of rotatable bonds is 6. The Bertz CT molecular complexity index is 840. The van der Waals surface area contributed by atoms with Crippen LogP contribution in [-0.4, -0.2) is 48.2 Å². The van der Waals surface area contributed by atoms with Gasteiger partial charge >= 0.3 is 5.97 Å². The zero-order chi connectivity index (χ0) is 19.2. The van der Waals surface area contributed by atoms with Crippen LogP contribution in [0.15, 0.2) is 30.5 Å². The molecule has 9 heteroatoms. The fourth-order valence-corrected chi connectivity index (χ4v) is 2.80. The lowest BCUT2D eigenvalue weighted by atomic mass is 10.2. The first-order chi connectivity index (χ1) is 13.1. The maximum absolute atomic E-state index is 12.3. The van der Waals surface area contributed by atoms with Gasteiger partial charge in [-0.25, -0.2) is 14.8 Å². The largest absolute Gasteiger partial charge is 0.465 e. The zero-order valence-corrected chi connectivity index (χ0v) is 15.5. The van der Waals surface area contributed by atoms with Crippen LogP contribution in [0, 0.1) is 0 Å². The lowest BCUT2D eigenvalue weighted by Crippen LogP contribution is -2.32. The fourth-order valence-electron chi connectivity index (χ4n) is 2.63. The van der Waals surface area contributed by atoms with Crippen molar-refractivity contribution in [3.05, 3.63) is 46.7 Å². The summed E-state index contributed by atoms with van der Waals surface area (Å²) in [5.74, 6) is -0.619. The second-order valence-electron chi connectivity index (χ2n) is 5.92. The summed E-state index contributed by atoms with van der Waals surface area (Å²) in [4.78, 5) is 32.2. The molecule has 2 heterocycles. The van der Waals surface area contributed by atoms with Crippen molar-refractivity contribution in [2.24, 2.45) is 0 Å². The number of esters is 1. The monoisotopic (exact) mass is 390 g/mol. The van der Waals surface area contributed by atoms with Gasteiger partial charge in [-0.1, -0.05) is 11.6 Å². The van der Waals surface area contributed by atoms with Crippen molar-refractivity contribution in [2.75, 3.05) is 25.6 Å². The van der Waals surface area contributed by atoms with Crippen LogP contribution >= 0.6 is 11.6 Å². The molecule has 142 valence electrons. The van der Waals surface area contributed by atoms with Crippen molar-refractivity contribution in [2.45, 2.75) is 18.9 Å². The maximum Gasteiger partial charge on any atom is 0.337 e. The molecule has 1 saturated heterocycles. The molecule has 1 aromatic carbocycles. The highest BCUT2D eigenvalue weighted by Crippen LogP contribution is 2.25. The molecule has 3 rings (SSSR count). The highest BCUT2D eigenvalue weighted by atomic mass is 35.5. The predicted octanol–water partition coefficient (Wildman–Crippen LogP) is 2.57. The van der Waals surface area contributed by atoms with Crippen LogP contribution in [-0.2, 0) is 9.47 Å². The number of carbonyl (C=O) groups excluding carboxylic acids is 2. The van der Waals surface area contributed by atoms with E-state index in [1.165, 1.54) is 25.4 Å². The summed E-state index contributed by atoms with van der Waals surface area (Å²) in [6, 6.07) is 6.16. The number of halogens is 1. The predicted molar refractivity (Wildman–Crippen MR) is 99.4 cm³/mol. The molecule has 27 heavy (non-hydrogen) atoms. The Balaban J connectivity index is 1.70. The fraction of sp³-hybridized carbons (Fsp3) is 0.333. The van der Waals surface area contributed by atoms with Crippen LogP contribution in [0.25, 0.3) is 0 Å². The molecule has 1 aromatic heterocycles. The van der Waals surface area contributed by atoms with Crippen LogP contribution < -0.4 is 10.6 Å². The summed E-state index contributed by atoms with van der Waals surface area (Å²) in [6.45, 7) is 1.17. The van der Waals surface area contributed by atoms with Crippen molar-refractivity contribution in [1.82, 2.24) is 15.3 Å². The van der Waals surface area contributed by atoms with E-state index >= 15 is 0 Å². The van der Waals surface area contributed by atoms with E-state index in [-0.39, 0.29) is 23.7 Å². The molecule has 1 aliphatic rings. The number of methoxy groups -OCH3 is 1. The van der Waals surface area contributed by atoms with Crippen LogP contribution in [0.4, 0.5) is 11.6 Å². The van der Waals surface area contributed by atoms with E-state index in [2.05, 4.69) is 20.6 Å².